The molecule has 1 aliphatic heterocycles. The van der Waals surface area contributed by atoms with Crippen LogP contribution in [0, 0.1) is 18.3 Å². The number of benzene rings is 1. The van der Waals surface area contributed by atoms with Gasteiger partial charge < -0.3 is 15.2 Å². The zero-order valence-electron chi connectivity index (χ0n) is 15.6. The predicted octanol–water partition coefficient (Wildman–Crippen LogP) is 0.498. The number of aryl methyl sites for hydroxylation is 1. The van der Waals surface area contributed by atoms with Crippen LogP contribution in [0.25, 0.3) is 0 Å². The lowest BCUT2D eigenvalue weighted by molar-refractivity contribution is -0.118. The number of hydrogen-bond acceptors (Lipinski definition) is 8. The van der Waals surface area contributed by atoms with E-state index in [1.54, 1.807) is 13.0 Å². The molecule has 0 saturated carbocycles. The summed E-state index contributed by atoms with van der Waals surface area (Å²) in [5.74, 6) is -1.61. The lowest BCUT2D eigenvalue weighted by Crippen LogP contribution is -2.40. The number of hydrogen-bond donors (Lipinski definition) is 1. The average Bonchev–Trinajstić information content (AvgIpc) is 2.67. The molecule has 1 aromatic rings. The highest BCUT2D eigenvalue weighted by molar-refractivity contribution is 7.89. The Kier molecular flexibility index (Phi) is 6.90. The first kappa shape index (κ1) is 21.6. The van der Waals surface area contributed by atoms with Crippen LogP contribution >= 0.6 is 0 Å². The third-order valence-corrected chi connectivity index (χ3v) is 6.17. The summed E-state index contributed by atoms with van der Waals surface area (Å²) in [4.78, 5) is 24.1. The Balaban J connectivity index is 2.20. The van der Waals surface area contributed by atoms with Crippen LogP contribution in [-0.2, 0) is 24.3 Å². The van der Waals surface area contributed by atoms with Gasteiger partial charge in [-0.05, 0) is 31.5 Å². The largest absolute Gasteiger partial charge is 0.454 e. The molecule has 1 saturated heterocycles. The monoisotopic (exact) mass is 407 g/mol. The van der Waals surface area contributed by atoms with Crippen molar-refractivity contribution in [3.63, 3.8) is 0 Å². The molecule has 0 atom stereocenters. The van der Waals surface area contributed by atoms with Crippen LogP contribution in [0.15, 0.2) is 34.4 Å². The minimum Gasteiger partial charge on any atom is -0.454 e. The molecule has 1 fully saturated rings. The molecular formula is C18H21N3O6S. The van der Waals surface area contributed by atoms with Gasteiger partial charge in [0.2, 0.25) is 15.8 Å². The lowest BCUT2D eigenvalue weighted by Gasteiger charge is -2.26. The number of morpholine rings is 1. The molecule has 0 radical (unpaired) electrons. The first-order valence-corrected chi connectivity index (χ1v) is 9.87. The molecule has 150 valence electrons. The molecule has 1 aliphatic rings. The number of nitrogens with two attached hydrogens (primary N) is 1. The second-order valence-corrected chi connectivity index (χ2v) is 8.07. The van der Waals surface area contributed by atoms with E-state index in [0.717, 1.165) is 0 Å². The van der Waals surface area contributed by atoms with Crippen molar-refractivity contribution in [2.75, 3.05) is 32.9 Å². The number of esters is 1. The molecule has 28 heavy (non-hydrogen) atoms. The fourth-order valence-corrected chi connectivity index (χ4v) is 4.25. The molecule has 1 aromatic carbocycles. The molecule has 0 aliphatic carbocycles. The standard InChI is InChI=1S/C18H21N3O6S/c1-12-3-4-14(18(23)27-11-16(22)15(10-19)13(2)20)9-17(12)28(24,25)21-5-7-26-8-6-21/h3-4,9H,5-8,11,20H2,1-2H3. The highest BCUT2D eigenvalue weighted by Crippen LogP contribution is 2.22. The number of Topliss-reactive ketones (excluding diaryl/α,β-unsaturated/α-hetero) is 1. The van der Waals surface area contributed by atoms with E-state index in [9.17, 15) is 18.0 Å². The zero-order valence-corrected chi connectivity index (χ0v) is 16.4. The van der Waals surface area contributed by atoms with Crippen molar-refractivity contribution < 1.29 is 27.5 Å². The van der Waals surface area contributed by atoms with Crippen molar-refractivity contribution in [2.24, 2.45) is 5.73 Å². The maximum atomic E-state index is 12.9. The highest BCUT2D eigenvalue weighted by Gasteiger charge is 2.28. The normalized spacial score (nSPS) is 16.0. The van der Waals surface area contributed by atoms with Gasteiger partial charge in [-0.25, -0.2) is 13.2 Å². The fourth-order valence-electron chi connectivity index (χ4n) is 2.59. The van der Waals surface area contributed by atoms with Crippen molar-refractivity contribution in [3.05, 3.63) is 40.6 Å². The number of carbonyl (C=O) groups is 2. The summed E-state index contributed by atoms with van der Waals surface area (Å²) in [7, 11) is -3.80. The average molecular weight is 407 g/mol. The number of carbonyl (C=O) groups excluding carboxylic acids is 2. The van der Waals surface area contributed by atoms with Crippen LogP contribution in [0.3, 0.4) is 0 Å². The maximum absolute atomic E-state index is 12.9. The summed E-state index contributed by atoms with van der Waals surface area (Å²) in [5.41, 5.74) is 5.64. The molecule has 10 heteroatoms. The lowest BCUT2D eigenvalue weighted by atomic mass is 10.1. The summed E-state index contributed by atoms with van der Waals surface area (Å²) in [5, 5.41) is 8.90. The number of nitriles is 1. The van der Waals surface area contributed by atoms with Gasteiger partial charge in [0.15, 0.2) is 6.61 Å². The van der Waals surface area contributed by atoms with Crippen molar-refractivity contribution in [1.29, 1.82) is 5.26 Å². The van der Waals surface area contributed by atoms with Crippen molar-refractivity contribution in [1.82, 2.24) is 4.31 Å². The van der Waals surface area contributed by atoms with E-state index in [1.807, 2.05) is 0 Å². The molecule has 0 spiro atoms. The molecular weight excluding hydrogens is 386 g/mol. The fraction of sp³-hybridized carbons (Fsp3) is 0.389. The number of rotatable bonds is 6. The van der Waals surface area contributed by atoms with E-state index in [-0.39, 0.29) is 34.8 Å². The summed E-state index contributed by atoms with van der Waals surface area (Å²) < 4.78 is 37.1. The third-order valence-electron chi connectivity index (χ3n) is 4.13. The molecule has 2 rings (SSSR count). The number of nitrogens with zero attached hydrogens (tertiary/aromatic N) is 2. The van der Waals surface area contributed by atoms with Crippen molar-refractivity contribution in [2.45, 2.75) is 18.7 Å². The Morgan fingerprint density at radius 2 is 1.96 bits per heavy atom. The minimum atomic E-state index is -3.80. The minimum absolute atomic E-state index is 0.00871. The Bertz CT molecular complexity index is 952. The first-order valence-electron chi connectivity index (χ1n) is 8.43. The highest BCUT2D eigenvalue weighted by atomic mass is 32.2. The molecule has 0 amide bonds. The SMILES string of the molecule is CC(N)=C(C#N)C(=O)COC(=O)c1ccc(C)c(S(=O)(=O)N2CCOCC2)c1. The number of sulfonamides is 1. The molecule has 2 N–H and O–H groups in total. The van der Waals surface area contributed by atoms with Gasteiger partial charge in [-0.1, -0.05) is 6.07 Å². The summed E-state index contributed by atoms with van der Waals surface area (Å²) in [6.07, 6.45) is 0. The molecule has 0 unspecified atom stereocenters. The first-order chi connectivity index (χ1) is 13.2. The van der Waals surface area contributed by atoms with Gasteiger partial charge in [0.25, 0.3) is 0 Å². The van der Waals surface area contributed by atoms with E-state index < -0.39 is 28.4 Å². The Labute approximate surface area is 163 Å². The van der Waals surface area contributed by atoms with Crippen LogP contribution in [0.4, 0.5) is 0 Å². The molecule has 1 heterocycles. The van der Waals surface area contributed by atoms with Crippen molar-refractivity contribution in [3.8, 4) is 6.07 Å². The van der Waals surface area contributed by atoms with E-state index in [0.29, 0.717) is 18.8 Å². The van der Waals surface area contributed by atoms with Crippen LogP contribution in [0.2, 0.25) is 0 Å². The third kappa shape index (κ3) is 4.75. The van der Waals surface area contributed by atoms with Gasteiger partial charge >= 0.3 is 5.97 Å². The van der Waals surface area contributed by atoms with Crippen molar-refractivity contribution >= 4 is 21.8 Å². The zero-order chi connectivity index (χ0) is 20.9. The van der Waals surface area contributed by atoms with Crippen LogP contribution in [0.5, 0.6) is 0 Å². The molecule has 9 nitrogen and oxygen atoms in total. The maximum Gasteiger partial charge on any atom is 0.338 e. The number of ketones is 1. The van der Waals surface area contributed by atoms with Gasteiger partial charge in [-0.15, -0.1) is 0 Å². The van der Waals surface area contributed by atoms with Gasteiger partial charge in [0.1, 0.15) is 11.6 Å². The van der Waals surface area contributed by atoms with Gasteiger partial charge in [-0.2, -0.15) is 9.57 Å². The van der Waals surface area contributed by atoms with E-state index in [2.05, 4.69) is 0 Å². The smallest absolute Gasteiger partial charge is 0.338 e. The second kappa shape index (κ2) is 8.97. The number of allylic oxidation sites excluding steroid dienone is 1. The Morgan fingerprint density at radius 1 is 1.32 bits per heavy atom. The van der Waals surface area contributed by atoms with Crippen LogP contribution < -0.4 is 5.73 Å². The Hall–Kier alpha value is -2.74. The van der Waals surface area contributed by atoms with E-state index in [4.69, 9.17) is 20.5 Å². The predicted molar refractivity (Wildman–Crippen MR) is 98.5 cm³/mol. The Morgan fingerprint density at radius 3 is 2.54 bits per heavy atom. The van der Waals surface area contributed by atoms with E-state index in [1.165, 1.54) is 29.4 Å². The molecule has 0 aromatic heterocycles. The summed E-state index contributed by atoms with van der Waals surface area (Å²) >= 11 is 0. The van der Waals surface area contributed by atoms with Gasteiger partial charge in [0.05, 0.1) is 23.7 Å². The van der Waals surface area contributed by atoms with E-state index >= 15 is 0 Å². The summed E-state index contributed by atoms with van der Waals surface area (Å²) in [6.45, 7) is 3.41. The second-order valence-electron chi connectivity index (χ2n) is 6.17. The van der Waals surface area contributed by atoms with Gasteiger partial charge in [0, 0.05) is 18.8 Å². The topological polar surface area (TPSA) is 140 Å². The number of ether oxygens (including phenoxy) is 2. The quantitative estimate of drug-likeness (QED) is 0.408. The van der Waals surface area contributed by atoms with Crippen LogP contribution in [0.1, 0.15) is 22.8 Å². The van der Waals surface area contributed by atoms with Gasteiger partial charge in [-0.3, -0.25) is 4.79 Å². The van der Waals surface area contributed by atoms with Crippen LogP contribution in [-0.4, -0.2) is 57.4 Å². The molecule has 0 bridgehead atoms. The summed E-state index contributed by atoms with van der Waals surface area (Å²) in [6, 6.07) is 5.79.